The van der Waals surface area contributed by atoms with Crippen molar-refractivity contribution < 1.29 is 29.1 Å². The molecule has 0 unspecified atom stereocenters. The number of aromatic nitrogens is 2. The van der Waals surface area contributed by atoms with Gasteiger partial charge in [-0.1, -0.05) is 53.9 Å². The summed E-state index contributed by atoms with van der Waals surface area (Å²) in [6.07, 6.45) is 7.16. The van der Waals surface area contributed by atoms with Crippen LogP contribution in [0.3, 0.4) is 0 Å². The summed E-state index contributed by atoms with van der Waals surface area (Å²) in [6.45, 7) is 2.03. The van der Waals surface area contributed by atoms with Gasteiger partial charge in [-0.15, -0.1) is 42.0 Å². The molecule has 0 aliphatic carbocycles. The first-order chi connectivity index (χ1) is 18.2. The quantitative estimate of drug-likeness (QED) is 0.140. The third kappa shape index (κ3) is 5.02. The second kappa shape index (κ2) is 11.1. The standard InChI is InChI=1S/C22H14NO.C12H10N.Ir/c1-23-13-5-7-16(14-23)18-9-4-10-19-21-17-8-3-2-6-15(17)11-12-20(21)24-22(18)19;1-10-7-8-12(13-9-10)11-5-3-2-4-6-11;/h2-8,10-13H,1H3;2-5,7-9H,1H3;/q2*-1;+3. The van der Waals surface area contributed by atoms with Crippen molar-refractivity contribution in [3.8, 4) is 22.4 Å². The number of pyridine rings is 2. The molecular weight excluding hydrogens is 645 g/mol. The van der Waals surface area contributed by atoms with Gasteiger partial charge in [0, 0.05) is 17.2 Å². The first kappa shape index (κ1) is 25.5. The maximum atomic E-state index is 6.23. The van der Waals surface area contributed by atoms with Crippen LogP contribution in [0.15, 0.2) is 114 Å². The molecule has 0 bridgehead atoms. The summed E-state index contributed by atoms with van der Waals surface area (Å²) < 4.78 is 8.14. The van der Waals surface area contributed by atoms with Crippen molar-refractivity contribution in [2.75, 3.05) is 0 Å². The Labute approximate surface area is 235 Å². The van der Waals surface area contributed by atoms with Crippen LogP contribution in [0.1, 0.15) is 5.56 Å². The monoisotopic (exact) mass is 669 g/mol. The predicted octanol–water partition coefficient (Wildman–Crippen LogP) is 7.69. The van der Waals surface area contributed by atoms with Crippen LogP contribution in [0.5, 0.6) is 0 Å². The minimum absolute atomic E-state index is 0. The Hall–Kier alpha value is -4.11. The van der Waals surface area contributed by atoms with Gasteiger partial charge < -0.3 is 9.40 Å². The number of hydrogen-bond acceptors (Lipinski definition) is 2. The molecule has 3 nitrogen and oxygen atoms in total. The zero-order valence-corrected chi connectivity index (χ0v) is 23.4. The van der Waals surface area contributed by atoms with Crippen molar-refractivity contribution in [1.29, 1.82) is 0 Å². The number of nitrogens with zero attached hydrogens (tertiary/aromatic N) is 2. The minimum Gasteiger partial charge on any atom is -0.510 e. The maximum Gasteiger partial charge on any atom is 3.00 e. The van der Waals surface area contributed by atoms with Crippen LogP contribution in [0.2, 0.25) is 0 Å². The van der Waals surface area contributed by atoms with Crippen LogP contribution in [-0.4, -0.2) is 4.98 Å². The van der Waals surface area contributed by atoms with Gasteiger partial charge in [0.2, 0.25) is 0 Å². The molecule has 3 heterocycles. The molecule has 0 amide bonds. The number of furan rings is 1. The van der Waals surface area contributed by atoms with E-state index in [0.717, 1.165) is 38.9 Å². The fraction of sp³-hybridized carbons (Fsp3) is 0.0588. The molecule has 38 heavy (non-hydrogen) atoms. The molecule has 7 aromatic rings. The minimum atomic E-state index is 0. The van der Waals surface area contributed by atoms with Gasteiger partial charge in [0.1, 0.15) is 18.8 Å². The molecule has 4 aromatic carbocycles. The van der Waals surface area contributed by atoms with Gasteiger partial charge in [0.15, 0.2) is 0 Å². The largest absolute Gasteiger partial charge is 3.00 e. The molecular formula is C34H24IrN2O+. The smallest absolute Gasteiger partial charge is 0.510 e. The van der Waals surface area contributed by atoms with Gasteiger partial charge in [0.05, 0.1) is 6.20 Å². The molecule has 7 rings (SSSR count). The second-order valence-electron chi connectivity index (χ2n) is 9.00. The Morgan fingerprint density at radius 3 is 2.39 bits per heavy atom. The van der Waals surface area contributed by atoms with Crippen LogP contribution in [-0.2, 0) is 27.2 Å². The Morgan fingerprint density at radius 1 is 0.763 bits per heavy atom. The summed E-state index contributed by atoms with van der Waals surface area (Å²) in [4.78, 5) is 4.32. The van der Waals surface area contributed by atoms with Crippen LogP contribution >= 0.6 is 0 Å². The maximum absolute atomic E-state index is 6.23. The average Bonchev–Trinajstić information content (AvgIpc) is 3.34. The molecule has 184 valence electrons. The van der Waals surface area contributed by atoms with Gasteiger partial charge >= 0.3 is 20.1 Å². The summed E-state index contributed by atoms with van der Waals surface area (Å²) in [6, 6.07) is 39.1. The van der Waals surface area contributed by atoms with Crippen LogP contribution in [0.25, 0.3) is 55.1 Å². The molecule has 0 aliphatic rings. The molecule has 0 saturated carbocycles. The second-order valence-corrected chi connectivity index (χ2v) is 9.00. The molecule has 0 N–H and O–H groups in total. The summed E-state index contributed by atoms with van der Waals surface area (Å²) >= 11 is 0. The number of benzene rings is 4. The fourth-order valence-electron chi connectivity index (χ4n) is 4.56. The summed E-state index contributed by atoms with van der Waals surface area (Å²) in [7, 11) is 1.97. The van der Waals surface area contributed by atoms with Gasteiger partial charge in [0.25, 0.3) is 0 Å². The Balaban J connectivity index is 0.000000179. The summed E-state index contributed by atoms with van der Waals surface area (Å²) in [5, 5.41) is 4.72. The number of rotatable bonds is 2. The molecule has 0 aliphatic heterocycles. The van der Waals surface area contributed by atoms with Crippen LogP contribution in [0, 0.1) is 25.3 Å². The fourth-order valence-corrected chi connectivity index (χ4v) is 4.56. The van der Waals surface area contributed by atoms with Crippen molar-refractivity contribution in [2.45, 2.75) is 6.92 Å². The van der Waals surface area contributed by atoms with Gasteiger partial charge in [-0.3, -0.25) is 4.57 Å². The van der Waals surface area contributed by atoms with E-state index in [1.807, 2.05) is 79.5 Å². The summed E-state index contributed by atoms with van der Waals surface area (Å²) in [5.41, 5.74) is 6.91. The SMILES string of the molecule is C[n+]1[c-]c(-c2[c-]ccc3c2oc2ccc4ccccc4c23)ccc1.Cc1ccc(-c2[c-]cccc2)nc1.[Ir+3]. The van der Waals surface area contributed by atoms with E-state index < -0.39 is 0 Å². The van der Waals surface area contributed by atoms with E-state index in [9.17, 15) is 0 Å². The molecule has 0 spiro atoms. The van der Waals surface area contributed by atoms with E-state index in [0.29, 0.717) is 0 Å². The molecule has 0 radical (unpaired) electrons. The van der Waals surface area contributed by atoms with E-state index >= 15 is 0 Å². The van der Waals surface area contributed by atoms with Gasteiger partial charge in [-0.2, -0.15) is 29.3 Å². The van der Waals surface area contributed by atoms with Gasteiger partial charge in [-0.25, -0.2) is 0 Å². The summed E-state index contributed by atoms with van der Waals surface area (Å²) in [5.74, 6) is 0. The molecule has 0 saturated heterocycles. The Kier molecular flexibility index (Phi) is 7.46. The van der Waals surface area contributed by atoms with E-state index in [-0.39, 0.29) is 20.1 Å². The Bertz CT molecular complexity index is 1840. The number of fused-ring (bicyclic) bond motifs is 5. The Morgan fingerprint density at radius 2 is 1.61 bits per heavy atom. The third-order valence-electron chi connectivity index (χ3n) is 6.36. The topological polar surface area (TPSA) is 29.9 Å². The van der Waals surface area contributed by atoms with E-state index in [1.54, 1.807) is 0 Å². The zero-order chi connectivity index (χ0) is 25.2. The first-order valence-corrected chi connectivity index (χ1v) is 12.2. The average molecular weight is 669 g/mol. The van der Waals surface area contributed by atoms with Crippen molar-refractivity contribution in [3.63, 3.8) is 0 Å². The molecule has 0 atom stereocenters. The van der Waals surface area contributed by atoms with Gasteiger partial charge in [-0.05, 0) is 35.0 Å². The van der Waals surface area contributed by atoms with Crippen molar-refractivity contribution in [2.24, 2.45) is 7.05 Å². The van der Waals surface area contributed by atoms with E-state index in [4.69, 9.17) is 4.42 Å². The predicted molar refractivity (Wildman–Crippen MR) is 149 cm³/mol. The van der Waals surface area contributed by atoms with E-state index in [1.165, 1.54) is 21.7 Å². The number of aryl methyl sites for hydroxylation is 2. The van der Waals surface area contributed by atoms with Crippen molar-refractivity contribution >= 4 is 32.7 Å². The molecule has 0 fully saturated rings. The zero-order valence-electron chi connectivity index (χ0n) is 21.0. The van der Waals surface area contributed by atoms with Crippen molar-refractivity contribution in [3.05, 3.63) is 133 Å². The number of hydrogen-bond donors (Lipinski definition) is 0. The van der Waals surface area contributed by atoms with Crippen molar-refractivity contribution in [1.82, 2.24) is 4.98 Å². The first-order valence-electron chi connectivity index (χ1n) is 12.2. The van der Waals surface area contributed by atoms with Crippen LogP contribution in [0.4, 0.5) is 0 Å². The normalized spacial score (nSPS) is 10.7. The van der Waals surface area contributed by atoms with E-state index in [2.05, 4.69) is 71.8 Å². The van der Waals surface area contributed by atoms with Crippen LogP contribution < -0.4 is 4.57 Å². The third-order valence-corrected chi connectivity index (χ3v) is 6.36. The molecule has 3 aromatic heterocycles. The molecule has 4 heteroatoms.